The van der Waals surface area contributed by atoms with Gasteiger partial charge in [0.15, 0.2) is 0 Å². The predicted molar refractivity (Wildman–Crippen MR) is 63.7 cm³/mol. The number of rotatable bonds is 3. The SMILES string of the molecule is CC=Nc1cc(F)c(C(C)CC)cc1C. The molecule has 1 aromatic rings. The Bertz CT molecular complexity index is 369. The molecule has 82 valence electrons. The van der Waals surface area contributed by atoms with Crippen LogP contribution in [0.4, 0.5) is 10.1 Å². The van der Waals surface area contributed by atoms with E-state index in [2.05, 4.69) is 11.9 Å². The molecule has 0 N–H and O–H groups in total. The molecule has 0 aliphatic rings. The van der Waals surface area contributed by atoms with Crippen LogP contribution < -0.4 is 0 Å². The summed E-state index contributed by atoms with van der Waals surface area (Å²) in [5.74, 6) is 0.124. The van der Waals surface area contributed by atoms with Crippen LogP contribution in [-0.4, -0.2) is 6.21 Å². The van der Waals surface area contributed by atoms with Gasteiger partial charge in [-0.15, -0.1) is 0 Å². The number of hydrogen-bond donors (Lipinski definition) is 0. The Hall–Kier alpha value is -1.18. The van der Waals surface area contributed by atoms with Crippen molar-refractivity contribution in [1.82, 2.24) is 0 Å². The molecule has 0 spiro atoms. The summed E-state index contributed by atoms with van der Waals surface area (Å²) in [6, 6.07) is 3.43. The lowest BCUT2D eigenvalue weighted by Crippen LogP contribution is -1.96. The molecule has 1 nitrogen and oxygen atoms in total. The first kappa shape index (κ1) is 11.9. The highest BCUT2D eigenvalue weighted by atomic mass is 19.1. The lowest BCUT2D eigenvalue weighted by molar-refractivity contribution is 0.583. The normalized spacial score (nSPS) is 13.4. The molecule has 0 fully saturated rings. The Morgan fingerprint density at radius 3 is 2.67 bits per heavy atom. The van der Waals surface area contributed by atoms with Gasteiger partial charge in [-0.1, -0.05) is 19.9 Å². The zero-order valence-corrected chi connectivity index (χ0v) is 9.84. The summed E-state index contributed by atoms with van der Waals surface area (Å²) in [6.07, 6.45) is 2.64. The quantitative estimate of drug-likeness (QED) is 0.653. The first-order chi connectivity index (χ1) is 7.10. The van der Waals surface area contributed by atoms with E-state index in [0.29, 0.717) is 0 Å². The summed E-state index contributed by atoms with van der Waals surface area (Å²) in [6.45, 7) is 7.91. The van der Waals surface area contributed by atoms with Gasteiger partial charge in [0.05, 0.1) is 5.69 Å². The van der Waals surface area contributed by atoms with Gasteiger partial charge in [-0.3, -0.25) is 4.99 Å². The van der Waals surface area contributed by atoms with E-state index in [1.165, 1.54) is 6.07 Å². The molecule has 1 aromatic carbocycles. The number of benzene rings is 1. The third-order valence-corrected chi connectivity index (χ3v) is 2.73. The second-order valence-electron chi connectivity index (χ2n) is 3.86. The van der Waals surface area contributed by atoms with E-state index in [0.717, 1.165) is 23.2 Å². The molecule has 15 heavy (non-hydrogen) atoms. The molecular weight excluding hydrogens is 189 g/mol. The molecule has 1 atom stereocenters. The number of aliphatic imine (C=N–C) groups is 1. The molecule has 0 aliphatic carbocycles. The Morgan fingerprint density at radius 2 is 2.13 bits per heavy atom. The standard InChI is InChI=1S/C13H18FN/c1-5-9(3)11-7-10(4)13(15-6-2)8-12(11)14/h6-9H,5H2,1-4H3. The smallest absolute Gasteiger partial charge is 0.128 e. The zero-order chi connectivity index (χ0) is 11.4. The fourth-order valence-corrected chi connectivity index (χ4v) is 1.57. The van der Waals surface area contributed by atoms with Crippen molar-refractivity contribution in [3.05, 3.63) is 29.1 Å². The fraction of sp³-hybridized carbons (Fsp3) is 0.462. The van der Waals surface area contributed by atoms with Crippen LogP contribution in [-0.2, 0) is 0 Å². The van der Waals surface area contributed by atoms with Gasteiger partial charge in [0.25, 0.3) is 0 Å². The van der Waals surface area contributed by atoms with E-state index in [-0.39, 0.29) is 11.7 Å². The molecule has 0 bridgehead atoms. The van der Waals surface area contributed by atoms with Crippen LogP contribution in [0.5, 0.6) is 0 Å². The lowest BCUT2D eigenvalue weighted by atomic mass is 9.96. The largest absolute Gasteiger partial charge is 0.261 e. The molecule has 0 saturated heterocycles. The molecular formula is C13H18FN. The monoisotopic (exact) mass is 207 g/mol. The van der Waals surface area contributed by atoms with Gasteiger partial charge in [-0.25, -0.2) is 4.39 Å². The number of hydrogen-bond acceptors (Lipinski definition) is 1. The summed E-state index contributed by atoms with van der Waals surface area (Å²) < 4.78 is 13.7. The molecule has 0 radical (unpaired) electrons. The van der Waals surface area contributed by atoms with E-state index in [1.54, 1.807) is 6.21 Å². The van der Waals surface area contributed by atoms with E-state index in [9.17, 15) is 4.39 Å². The number of nitrogens with zero attached hydrogens (tertiary/aromatic N) is 1. The topological polar surface area (TPSA) is 12.4 Å². The van der Waals surface area contributed by atoms with E-state index in [1.807, 2.05) is 26.8 Å². The molecule has 0 saturated carbocycles. The Kier molecular flexibility index (Phi) is 4.01. The zero-order valence-electron chi connectivity index (χ0n) is 9.84. The third-order valence-electron chi connectivity index (χ3n) is 2.73. The van der Waals surface area contributed by atoms with Gasteiger partial charge in [0, 0.05) is 12.3 Å². The maximum Gasteiger partial charge on any atom is 0.128 e. The van der Waals surface area contributed by atoms with E-state index in [4.69, 9.17) is 0 Å². The van der Waals surface area contributed by atoms with E-state index >= 15 is 0 Å². The van der Waals surface area contributed by atoms with Crippen molar-refractivity contribution in [2.45, 2.75) is 40.0 Å². The molecule has 0 aromatic heterocycles. The second kappa shape index (κ2) is 5.06. The van der Waals surface area contributed by atoms with Crippen LogP contribution in [0.3, 0.4) is 0 Å². The molecule has 0 heterocycles. The van der Waals surface area contributed by atoms with Gasteiger partial charge in [0.2, 0.25) is 0 Å². The maximum atomic E-state index is 13.7. The van der Waals surface area contributed by atoms with Gasteiger partial charge in [-0.05, 0) is 37.3 Å². The second-order valence-corrected chi connectivity index (χ2v) is 3.86. The molecule has 0 amide bonds. The fourth-order valence-electron chi connectivity index (χ4n) is 1.57. The van der Waals surface area contributed by atoms with Crippen molar-refractivity contribution in [3.8, 4) is 0 Å². The first-order valence-electron chi connectivity index (χ1n) is 5.38. The van der Waals surface area contributed by atoms with Gasteiger partial charge < -0.3 is 0 Å². The Morgan fingerprint density at radius 1 is 1.47 bits per heavy atom. The van der Waals surface area contributed by atoms with Crippen LogP contribution in [0.25, 0.3) is 0 Å². The van der Waals surface area contributed by atoms with Gasteiger partial charge in [0.1, 0.15) is 5.82 Å². The van der Waals surface area contributed by atoms with Gasteiger partial charge in [-0.2, -0.15) is 0 Å². The predicted octanol–water partition coefficient (Wildman–Crippen LogP) is 4.37. The van der Waals surface area contributed by atoms with Crippen molar-refractivity contribution in [2.24, 2.45) is 4.99 Å². The van der Waals surface area contributed by atoms with E-state index < -0.39 is 0 Å². The molecule has 2 heteroatoms. The highest BCUT2D eigenvalue weighted by molar-refractivity contribution is 5.62. The summed E-state index contributed by atoms with van der Waals surface area (Å²) in [7, 11) is 0. The van der Waals surface area contributed by atoms with Crippen molar-refractivity contribution in [2.75, 3.05) is 0 Å². The minimum atomic E-state index is -0.143. The molecule has 0 aliphatic heterocycles. The Balaban J connectivity index is 3.19. The number of aryl methyl sites for hydroxylation is 1. The minimum absolute atomic E-state index is 0.143. The van der Waals surface area contributed by atoms with Crippen LogP contribution in [0.1, 0.15) is 44.2 Å². The first-order valence-corrected chi connectivity index (χ1v) is 5.38. The Labute approximate surface area is 91.0 Å². The van der Waals surface area contributed by atoms with Crippen LogP contribution in [0.2, 0.25) is 0 Å². The average Bonchev–Trinajstić information content (AvgIpc) is 2.22. The summed E-state index contributed by atoms with van der Waals surface area (Å²) in [5.41, 5.74) is 2.55. The summed E-state index contributed by atoms with van der Waals surface area (Å²) in [4.78, 5) is 4.13. The highest BCUT2D eigenvalue weighted by Gasteiger charge is 2.11. The van der Waals surface area contributed by atoms with Crippen molar-refractivity contribution in [1.29, 1.82) is 0 Å². The van der Waals surface area contributed by atoms with Crippen molar-refractivity contribution >= 4 is 11.9 Å². The highest BCUT2D eigenvalue weighted by Crippen LogP contribution is 2.28. The van der Waals surface area contributed by atoms with Crippen molar-refractivity contribution < 1.29 is 4.39 Å². The third kappa shape index (κ3) is 2.65. The maximum absolute atomic E-state index is 13.7. The van der Waals surface area contributed by atoms with Crippen molar-refractivity contribution in [3.63, 3.8) is 0 Å². The minimum Gasteiger partial charge on any atom is -0.261 e. The molecule has 1 rings (SSSR count). The van der Waals surface area contributed by atoms with Crippen LogP contribution >= 0.6 is 0 Å². The van der Waals surface area contributed by atoms with Crippen LogP contribution in [0.15, 0.2) is 17.1 Å². The lowest BCUT2D eigenvalue weighted by Gasteiger charge is -2.12. The average molecular weight is 207 g/mol. The van der Waals surface area contributed by atoms with Gasteiger partial charge >= 0.3 is 0 Å². The summed E-state index contributed by atoms with van der Waals surface area (Å²) in [5, 5.41) is 0. The molecule has 1 unspecified atom stereocenters. The number of halogens is 1. The van der Waals surface area contributed by atoms with Crippen LogP contribution in [0, 0.1) is 12.7 Å². The summed E-state index contributed by atoms with van der Waals surface area (Å²) >= 11 is 0.